The second-order valence-electron chi connectivity index (χ2n) is 3.60. The van der Waals surface area contributed by atoms with Crippen molar-refractivity contribution in [1.29, 1.82) is 0 Å². The summed E-state index contributed by atoms with van der Waals surface area (Å²) in [6.07, 6.45) is 5.63. The van der Waals surface area contributed by atoms with E-state index >= 15 is 0 Å². The van der Waals surface area contributed by atoms with Gasteiger partial charge in [-0.05, 0) is 25.2 Å². The van der Waals surface area contributed by atoms with Crippen LogP contribution in [0.1, 0.15) is 24.7 Å². The molecule has 0 aromatic carbocycles. The Kier molecular flexibility index (Phi) is 1.48. The van der Waals surface area contributed by atoms with Crippen LogP contribution in [-0.2, 0) is 19.9 Å². The molecule has 1 aromatic rings. The van der Waals surface area contributed by atoms with Crippen LogP contribution in [-0.4, -0.2) is 9.55 Å². The minimum Gasteiger partial charge on any atom is -0.337 e. The summed E-state index contributed by atoms with van der Waals surface area (Å²) >= 11 is 0. The van der Waals surface area contributed by atoms with Gasteiger partial charge in [-0.3, -0.25) is 0 Å². The third-order valence-electron chi connectivity index (χ3n) is 2.56. The van der Waals surface area contributed by atoms with Crippen LogP contribution in [0.4, 0.5) is 0 Å². The molecule has 0 N–H and O–H groups in total. The van der Waals surface area contributed by atoms with E-state index in [1.54, 1.807) is 0 Å². The maximum atomic E-state index is 4.35. The average Bonchev–Trinajstić information content (AvgIpc) is 2.33. The van der Waals surface area contributed by atoms with Crippen LogP contribution in [0.15, 0.2) is 6.33 Å². The van der Waals surface area contributed by atoms with Crippen molar-refractivity contribution >= 4 is 0 Å². The van der Waals surface area contributed by atoms with Gasteiger partial charge in [0.2, 0.25) is 0 Å². The lowest BCUT2D eigenvalue weighted by Crippen LogP contribution is -2.13. The van der Waals surface area contributed by atoms with Gasteiger partial charge < -0.3 is 4.57 Å². The van der Waals surface area contributed by atoms with Gasteiger partial charge in [-0.2, -0.15) is 0 Å². The molecule has 0 aliphatic heterocycles. The number of hydrogen-bond acceptors (Lipinski definition) is 1. The lowest BCUT2D eigenvalue weighted by Gasteiger charge is -2.17. The second-order valence-corrected chi connectivity index (χ2v) is 3.60. The van der Waals surface area contributed by atoms with Gasteiger partial charge in [0.15, 0.2) is 0 Å². The average molecular weight is 150 g/mol. The van der Waals surface area contributed by atoms with Crippen LogP contribution >= 0.6 is 0 Å². The molecule has 0 spiro atoms. The fourth-order valence-electron chi connectivity index (χ4n) is 1.79. The molecule has 1 atom stereocenters. The number of aryl methyl sites for hydroxylation is 2. The number of imidazole rings is 1. The number of fused-ring (bicyclic) bond motifs is 1. The molecule has 1 unspecified atom stereocenters. The zero-order valence-corrected chi connectivity index (χ0v) is 7.17. The summed E-state index contributed by atoms with van der Waals surface area (Å²) in [5, 5.41) is 0. The van der Waals surface area contributed by atoms with E-state index in [-0.39, 0.29) is 0 Å². The van der Waals surface area contributed by atoms with Crippen molar-refractivity contribution in [2.75, 3.05) is 0 Å². The summed E-state index contributed by atoms with van der Waals surface area (Å²) in [4.78, 5) is 4.35. The molecule has 0 saturated carbocycles. The molecular weight excluding hydrogens is 136 g/mol. The predicted octanol–water partition coefficient (Wildman–Crippen LogP) is 1.54. The SMILES string of the molecule is CC1CCc2ncn(C)c2C1. The van der Waals surface area contributed by atoms with Gasteiger partial charge in [0.05, 0.1) is 12.0 Å². The predicted molar refractivity (Wildman–Crippen MR) is 44.4 cm³/mol. The molecule has 2 rings (SSSR count). The smallest absolute Gasteiger partial charge is 0.0949 e. The number of rotatable bonds is 0. The molecular formula is C9H14N2. The van der Waals surface area contributed by atoms with Crippen LogP contribution in [0.3, 0.4) is 0 Å². The third-order valence-corrected chi connectivity index (χ3v) is 2.56. The van der Waals surface area contributed by atoms with Crippen molar-refractivity contribution < 1.29 is 0 Å². The molecule has 0 radical (unpaired) electrons. The van der Waals surface area contributed by atoms with Gasteiger partial charge in [-0.15, -0.1) is 0 Å². The lowest BCUT2D eigenvalue weighted by atomic mass is 9.91. The minimum absolute atomic E-state index is 0.845. The van der Waals surface area contributed by atoms with Crippen molar-refractivity contribution in [2.24, 2.45) is 13.0 Å². The van der Waals surface area contributed by atoms with Crippen LogP contribution < -0.4 is 0 Å². The van der Waals surface area contributed by atoms with E-state index in [1.165, 1.54) is 30.7 Å². The molecule has 1 aromatic heterocycles. The van der Waals surface area contributed by atoms with E-state index in [1.807, 2.05) is 6.33 Å². The topological polar surface area (TPSA) is 17.8 Å². The third kappa shape index (κ3) is 1.06. The largest absolute Gasteiger partial charge is 0.337 e. The Labute approximate surface area is 67.3 Å². The monoisotopic (exact) mass is 150 g/mol. The molecule has 0 amide bonds. The second kappa shape index (κ2) is 2.36. The Balaban J connectivity index is 2.37. The van der Waals surface area contributed by atoms with Gasteiger partial charge >= 0.3 is 0 Å². The summed E-state index contributed by atoms with van der Waals surface area (Å²) in [6.45, 7) is 2.32. The molecule has 1 aliphatic rings. The Hall–Kier alpha value is -0.790. The van der Waals surface area contributed by atoms with Gasteiger partial charge in [0.1, 0.15) is 0 Å². The first kappa shape index (κ1) is 6.89. The molecule has 60 valence electrons. The highest BCUT2D eigenvalue weighted by molar-refractivity contribution is 5.16. The number of nitrogens with zero attached hydrogens (tertiary/aromatic N) is 2. The van der Waals surface area contributed by atoms with E-state index < -0.39 is 0 Å². The quantitative estimate of drug-likeness (QED) is 0.548. The highest BCUT2D eigenvalue weighted by Crippen LogP contribution is 2.23. The zero-order chi connectivity index (χ0) is 7.84. The van der Waals surface area contributed by atoms with E-state index in [9.17, 15) is 0 Å². The fraction of sp³-hybridized carbons (Fsp3) is 0.667. The maximum Gasteiger partial charge on any atom is 0.0949 e. The van der Waals surface area contributed by atoms with Gasteiger partial charge in [-0.1, -0.05) is 6.92 Å². The summed E-state index contributed by atoms with van der Waals surface area (Å²) in [7, 11) is 2.09. The van der Waals surface area contributed by atoms with E-state index in [2.05, 4.69) is 23.5 Å². The van der Waals surface area contributed by atoms with Gasteiger partial charge in [0, 0.05) is 12.7 Å². The van der Waals surface area contributed by atoms with Crippen molar-refractivity contribution in [2.45, 2.75) is 26.2 Å². The first-order valence-electron chi connectivity index (χ1n) is 4.26. The first-order valence-corrected chi connectivity index (χ1v) is 4.26. The van der Waals surface area contributed by atoms with Crippen LogP contribution in [0.25, 0.3) is 0 Å². The summed E-state index contributed by atoms with van der Waals surface area (Å²) < 4.78 is 2.16. The standard InChI is InChI=1S/C9H14N2/c1-7-3-4-8-9(5-7)11(2)6-10-8/h6-7H,3-5H2,1-2H3. The lowest BCUT2D eigenvalue weighted by molar-refractivity contribution is 0.482. The Morgan fingerprint density at radius 3 is 3.27 bits per heavy atom. The zero-order valence-electron chi connectivity index (χ0n) is 7.17. The molecule has 0 bridgehead atoms. The Morgan fingerprint density at radius 1 is 1.64 bits per heavy atom. The maximum absolute atomic E-state index is 4.35. The van der Waals surface area contributed by atoms with E-state index in [0.717, 1.165) is 5.92 Å². The van der Waals surface area contributed by atoms with Crippen molar-refractivity contribution in [3.05, 3.63) is 17.7 Å². The van der Waals surface area contributed by atoms with Crippen LogP contribution in [0, 0.1) is 5.92 Å². The Bertz CT molecular complexity index is 263. The molecule has 1 heterocycles. The number of hydrogen-bond donors (Lipinski definition) is 0. The van der Waals surface area contributed by atoms with Gasteiger partial charge in [0.25, 0.3) is 0 Å². The van der Waals surface area contributed by atoms with E-state index in [0.29, 0.717) is 0 Å². The van der Waals surface area contributed by atoms with Crippen molar-refractivity contribution in [3.63, 3.8) is 0 Å². The highest BCUT2D eigenvalue weighted by atomic mass is 15.0. The Morgan fingerprint density at radius 2 is 2.45 bits per heavy atom. The first-order chi connectivity index (χ1) is 5.27. The van der Waals surface area contributed by atoms with Gasteiger partial charge in [-0.25, -0.2) is 4.98 Å². The van der Waals surface area contributed by atoms with Crippen LogP contribution in [0.5, 0.6) is 0 Å². The molecule has 2 nitrogen and oxygen atoms in total. The van der Waals surface area contributed by atoms with Crippen LogP contribution in [0.2, 0.25) is 0 Å². The summed E-state index contributed by atoms with van der Waals surface area (Å²) in [6, 6.07) is 0. The molecule has 2 heteroatoms. The fourth-order valence-corrected chi connectivity index (χ4v) is 1.79. The van der Waals surface area contributed by atoms with Crippen molar-refractivity contribution in [3.8, 4) is 0 Å². The summed E-state index contributed by atoms with van der Waals surface area (Å²) in [5.74, 6) is 0.845. The minimum atomic E-state index is 0.845. The summed E-state index contributed by atoms with van der Waals surface area (Å²) in [5.41, 5.74) is 2.77. The van der Waals surface area contributed by atoms with E-state index in [4.69, 9.17) is 0 Å². The molecule has 0 fully saturated rings. The molecule has 0 saturated heterocycles. The highest BCUT2D eigenvalue weighted by Gasteiger charge is 2.18. The number of aromatic nitrogens is 2. The normalized spacial score (nSPS) is 23.3. The van der Waals surface area contributed by atoms with Crippen molar-refractivity contribution in [1.82, 2.24) is 9.55 Å². The molecule has 11 heavy (non-hydrogen) atoms. The molecule has 1 aliphatic carbocycles.